The van der Waals surface area contributed by atoms with E-state index in [1.165, 1.54) is 12.4 Å². The van der Waals surface area contributed by atoms with Crippen molar-refractivity contribution in [3.8, 4) is 0 Å². The molecule has 0 aliphatic rings. The first-order valence-electron chi connectivity index (χ1n) is 9.13. The van der Waals surface area contributed by atoms with Crippen LogP contribution >= 0.6 is 0 Å². The Bertz CT molecular complexity index is 983. The van der Waals surface area contributed by atoms with Crippen molar-refractivity contribution in [2.45, 2.75) is 26.8 Å². The lowest BCUT2D eigenvalue weighted by atomic mass is 10.0. The third-order valence-electron chi connectivity index (χ3n) is 4.53. The van der Waals surface area contributed by atoms with Gasteiger partial charge in [-0.15, -0.1) is 0 Å². The zero-order valence-corrected chi connectivity index (χ0v) is 16.1. The van der Waals surface area contributed by atoms with Gasteiger partial charge in [-0.1, -0.05) is 44.2 Å². The van der Waals surface area contributed by atoms with Crippen LogP contribution in [0.4, 0.5) is 11.5 Å². The van der Waals surface area contributed by atoms with Crippen molar-refractivity contribution in [1.29, 1.82) is 0 Å². The van der Waals surface area contributed by atoms with E-state index in [1.54, 1.807) is 4.90 Å². The minimum atomic E-state index is -0.731. The number of hydrogen-bond donors (Lipinski definition) is 3. The first-order chi connectivity index (χ1) is 13.4. The smallest absolute Gasteiger partial charge is 0.314 e. The Hall–Kier alpha value is -3.42. The van der Waals surface area contributed by atoms with Crippen LogP contribution in [0, 0.1) is 5.92 Å². The molecule has 2 aromatic heterocycles. The van der Waals surface area contributed by atoms with Gasteiger partial charge in [-0.3, -0.25) is 14.7 Å². The van der Waals surface area contributed by atoms with Crippen LogP contribution < -0.4 is 11.1 Å². The van der Waals surface area contributed by atoms with Gasteiger partial charge in [0.15, 0.2) is 0 Å². The number of H-pyrrole nitrogens is 1. The average Bonchev–Trinajstić information content (AvgIpc) is 3.19. The summed E-state index contributed by atoms with van der Waals surface area (Å²) in [7, 11) is 0. The number of aromatic amines is 1. The molecule has 0 radical (unpaired) electrons. The molecular formula is C20H24N6O2. The zero-order valence-electron chi connectivity index (χ0n) is 16.1. The Kier molecular flexibility index (Phi) is 5.58. The maximum absolute atomic E-state index is 13.0. The molecule has 3 aromatic rings. The minimum absolute atomic E-state index is 0.209. The first kappa shape index (κ1) is 19.3. The van der Waals surface area contributed by atoms with Crippen molar-refractivity contribution < 1.29 is 9.59 Å². The molecule has 2 amide bonds. The van der Waals surface area contributed by atoms with Gasteiger partial charge in [0, 0.05) is 6.54 Å². The normalized spacial score (nSPS) is 12.1. The van der Waals surface area contributed by atoms with Gasteiger partial charge < -0.3 is 16.0 Å². The molecule has 0 unspecified atom stereocenters. The predicted molar refractivity (Wildman–Crippen MR) is 108 cm³/mol. The van der Waals surface area contributed by atoms with Crippen molar-refractivity contribution in [3.63, 3.8) is 0 Å². The van der Waals surface area contributed by atoms with Gasteiger partial charge in [0.05, 0.1) is 35.0 Å². The number of nitrogens with one attached hydrogen (secondary N) is 2. The van der Waals surface area contributed by atoms with E-state index >= 15 is 0 Å². The number of anilines is 2. The van der Waals surface area contributed by atoms with E-state index in [0.717, 1.165) is 5.56 Å². The van der Waals surface area contributed by atoms with Crippen molar-refractivity contribution in [1.82, 2.24) is 20.1 Å². The zero-order chi connectivity index (χ0) is 20.3. The lowest BCUT2D eigenvalue weighted by molar-refractivity contribution is -0.145. The molecule has 0 spiro atoms. The quantitative estimate of drug-likeness (QED) is 0.588. The summed E-state index contributed by atoms with van der Waals surface area (Å²) in [4.78, 5) is 31.3. The Labute approximate surface area is 163 Å². The minimum Gasteiger partial charge on any atom is -0.383 e. The van der Waals surface area contributed by atoms with Crippen molar-refractivity contribution >= 4 is 34.2 Å². The highest BCUT2D eigenvalue weighted by Gasteiger charge is 2.28. The monoisotopic (exact) mass is 380 g/mol. The van der Waals surface area contributed by atoms with E-state index in [-0.39, 0.29) is 12.0 Å². The van der Waals surface area contributed by atoms with Gasteiger partial charge in [0.2, 0.25) is 0 Å². The molecule has 1 atom stereocenters. The Morgan fingerprint density at radius 1 is 1.18 bits per heavy atom. The summed E-state index contributed by atoms with van der Waals surface area (Å²) in [5.41, 5.74) is 7.66. The van der Waals surface area contributed by atoms with Crippen LogP contribution in [0.1, 0.15) is 32.4 Å². The van der Waals surface area contributed by atoms with E-state index in [2.05, 4.69) is 20.5 Å². The summed E-state index contributed by atoms with van der Waals surface area (Å²) in [5.74, 6) is -0.826. The third kappa shape index (κ3) is 3.95. The Morgan fingerprint density at radius 2 is 1.89 bits per heavy atom. The number of aromatic nitrogens is 3. The van der Waals surface area contributed by atoms with Crippen molar-refractivity contribution in [3.05, 3.63) is 48.3 Å². The predicted octanol–water partition coefficient (Wildman–Crippen LogP) is 2.72. The highest BCUT2D eigenvalue weighted by atomic mass is 16.2. The average molecular weight is 380 g/mol. The summed E-state index contributed by atoms with van der Waals surface area (Å²) in [5, 5.41) is 9.92. The fourth-order valence-corrected chi connectivity index (χ4v) is 3.08. The largest absolute Gasteiger partial charge is 0.383 e. The van der Waals surface area contributed by atoms with Crippen LogP contribution in [0.25, 0.3) is 10.9 Å². The molecular weight excluding hydrogens is 356 g/mol. The number of benzene rings is 1. The molecule has 2 heterocycles. The van der Waals surface area contributed by atoms with E-state index in [9.17, 15) is 9.59 Å². The van der Waals surface area contributed by atoms with Gasteiger partial charge in [-0.05, 0) is 18.4 Å². The van der Waals surface area contributed by atoms with E-state index in [0.29, 0.717) is 29.0 Å². The molecule has 3 rings (SSSR count). The van der Waals surface area contributed by atoms with Crippen LogP contribution in [0.2, 0.25) is 0 Å². The molecule has 28 heavy (non-hydrogen) atoms. The molecule has 0 fully saturated rings. The van der Waals surface area contributed by atoms with Crippen LogP contribution in [-0.4, -0.2) is 38.4 Å². The number of carbonyl (C=O) groups is 2. The van der Waals surface area contributed by atoms with Gasteiger partial charge in [-0.25, -0.2) is 4.98 Å². The fraction of sp³-hybridized carbons (Fsp3) is 0.300. The van der Waals surface area contributed by atoms with Crippen molar-refractivity contribution in [2.75, 3.05) is 17.6 Å². The SMILES string of the molecule is CC(C)CN(C(=O)C(=O)Nc1cnc(N)c2cn[nH]c12)[C@H](C)c1ccccc1. The second-order valence-electron chi connectivity index (χ2n) is 7.11. The number of amides is 2. The molecule has 1 aromatic carbocycles. The first-order valence-corrected chi connectivity index (χ1v) is 9.13. The number of pyridine rings is 1. The van der Waals surface area contributed by atoms with Gasteiger partial charge in [-0.2, -0.15) is 5.10 Å². The standard InChI is InChI=1S/C20H24N6O2/c1-12(2)11-26(13(3)14-7-5-4-6-8-14)20(28)19(27)24-16-10-22-18(21)15-9-23-25-17(15)16/h4-10,12-13H,11H2,1-3H3,(H2,21,22)(H,23,25)(H,24,27)/t13-/m1/s1. The summed E-state index contributed by atoms with van der Waals surface area (Å²) in [6, 6.07) is 9.40. The summed E-state index contributed by atoms with van der Waals surface area (Å²) in [6.45, 7) is 6.39. The van der Waals surface area contributed by atoms with E-state index in [4.69, 9.17) is 5.73 Å². The second kappa shape index (κ2) is 8.08. The number of carbonyl (C=O) groups excluding carboxylic acids is 2. The molecule has 0 aliphatic heterocycles. The molecule has 0 bridgehead atoms. The lowest BCUT2D eigenvalue weighted by Crippen LogP contribution is -2.43. The maximum Gasteiger partial charge on any atom is 0.314 e. The number of rotatable bonds is 5. The molecule has 146 valence electrons. The van der Waals surface area contributed by atoms with Crippen molar-refractivity contribution in [2.24, 2.45) is 5.92 Å². The van der Waals surface area contributed by atoms with E-state index < -0.39 is 11.8 Å². The van der Waals surface area contributed by atoms with Gasteiger partial charge in [0.1, 0.15) is 5.82 Å². The summed E-state index contributed by atoms with van der Waals surface area (Å²) in [6.07, 6.45) is 2.94. The molecule has 0 aliphatic carbocycles. The molecule has 8 heteroatoms. The van der Waals surface area contributed by atoms with Crippen LogP contribution in [-0.2, 0) is 9.59 Å². The number of hydrogen-bond acceptors (Lipinski definition) is 5. The maximum atomic E-state index is 13.0. The van der Waals surface area contributed by atoms with Gasteiger partial charge >= 0.3 is 11.8 Å². The highest BCUT2D eigenvalue weighted by molar-refractivity contribution is 6.40. The molecule has 0 saturated carbocycles. The number of fused-ring (bicyclic) bond motifs is 1. The van der Waals surface area contributed by atoms with Gasteiger partial charge in [0.25, 0.3) is 0 Å². The summed E-state index contributed by atoms with van der Waals surface area (Å²) < 4.78 is 0. The second-order valence-corrected chi connectivity index (χ2v) is 7.11. The van der Waals surface area contributed by atoms with Crippen LogP contribution in [0.15, 0.2) is 42.7 Å². The lowest BCUT2D eigenvalue weighted by Gasteiger charge is -2.30. The number of nitrogen functional groups attached to an aromatic ring is 1. The van der Waals surface area contributed by atoms with E-state index in [1.807, 2.05) is 51.1 Å². The molecule has 4 N–H and O–H groups in total. The highest BCUT2D eigenvalue weighted by Crippen LogP contribution is 2.25. The van der Waals surface area contributed by atoms with Crippen LogP contribution in [0.3, 0.4) is 0 Å². The van der Waals surface area contributed by atoms with Crippen LogP contribution in [0.5, 0.6) is 0 Å². The topological polar surface area (TPSA) is 117 Å². The third-order valence-corrected chi connectivity index (χ3v) is 4.53. The number of nitrogens with zero attached hydrogens (tertiary/aromatic N) is 3. The Morgan fingerprint density at radius 3 is 2.57 bits per heavy atom. The number of nitrogens with two attached hydrogens (primary N) is 1. The molecule has 0 saturated heterocycles. The fourth-order valence-electron chi connectivity index (χ4n) is 3.08. The summed E-state index contributed by atoms with van der Waals surface area (Å²) >= 11 is 0. The molecule has 8 nitrogen and oxygen atoms in total. The Balaban J connectivity index is 1.84.